The standard InChI is InChI=1S/C16H16N2S/c17-13-9-10-14-15(11-13)19-16(18-14)8-4-7-12-5-2-1-3-6-12/h1-3,5-6,9-11H,4,7-8,17H2. The van der Waals surface area contributed by atoms with Gasteiger partial charge in [0.2, 0.25) is 0 Å². The minimum Gasteiger partial charge on any atom is -0.399 e. The van der Waals surface area contributed by atoms with Crippen molar-refractivity contribution in [2.45, 2.75) is 19.3 Å². The van der Waals surface area contributed by atoms with Crippen LogP contribution in [-0.2, 0) is 12.8 Å². The fraction of sp³-hybridized carbons (Fsp3) is 0.188. The third-order valence-corrected chi connectivity index (χ3v) is 4.23. The third kappa shape index (κ3) is 2.93. The maximum atomic E-state index is 5.79. The molecule has 2 N–H and O–H groups in total. The molecule has 0 radical (unpaired) electrons. The lowest BCUT2D eigenvalue weighted by molar-refractivity contribution is 0.816. The summed E-state index contributed by atoms with van der Waals surface area (Å²) in [6.07, 6.45) is 3.28. The molecule has 0 aliphatic heterocycles. The Labute approximate surface area is 116 Å². The zero-order valence-corrected chi connectivity index (χ0v) is 11.5. The first-order valence-corrected chi connectivity index (χ1v) is 7.32. The highest BCUT2D eigenvalue weighted by molar-refractivity contribution is 7.18. The molecule has 3 aromatic rings. The van der Waals surface area contributed by atoms with Gasteiger partial charge in [0.15, 0.2) is 0 Å². The topological polar surface area (TPSA) is 38.9 Å². The molecular weight excluding hydrogens is 252 g/mol. The predicted molar refractivity (Wildman–Crippen MR) is 82.5 cm³/mol. The van der Waals surface area contributed by atoms with Crippen molar-refractivity contribution in [3.8, 4) is 0 Å². The lowest BCUT2D eigenvalue weighted by atomic mass is 10.1. The fourth-order valence-corrected chi connectivity index (χ4v) is 3.24. The van der Waals surface area contributed by atoms with E-state index < -0.39 is 0 Å². The van der Waals surface area contributed by atoms with E-state index in [-0.39, 0.29) is 0 Å². The highest BCUT2D eigenvalue weighted by Crippen LogP contribution is 2.25. The average Bonchev–Trinajstić information content (AvgIpc) is 2.82. The molecule has 0 fully saturated rings. The molecule has 0 aliphatic rings. The number of nitrogens with two attached hydrogens (primary N) is 1. The summed E-state index contributed by atoms with van der Waals surface area (Å²) in [5.74, 6) is 0. The molecule has 0 saturated heterocycles. The number of thiazole rings is 1. The van der Waals surface area contributed by atoms with Gasteiger partial charge in [0.1, 0.15) is 0 Å². The molecule has 1 aromatic heterocycles. The second kappa shape index (κ2) is 5.41. The van der Waals surface area contributed by atoms with Crippen molar-refractivity contribution < 1.29 is 0 Å². The SMILES string of the molecule is Nc1ccc2nc(CCCc3ccccc3)sc2c1. The number of nitrogens with zero attached hydrogens (tertiary/aromatic N) is 1. The first kappa shape index (κ1) is 12.2. The van der Waals surface area contributed by atoms with Crippen LogP contribution in [-0.4, -0.2) is 4.98 Å². The molecule has 96 valence electrons. The van der Waals surface area contributed by atoms with E-state index in [1.807, 2.05) is 18.2 Å². The lowest BCUT2D eigenvalue weighted by Crippen LogP contribution is -1.88. The number of fused-ring (bicyclic) bond motifs is 1. The molecule has 2 nitrogen and oxygen atoms in total. The van der Waals surface area contributed by atoms with Crippen LogP contribution >= 0.6 is 11.3 Å². The van der Waals surface area contributed by atoms with E-state index in [4.69, 9.17) is 5.73 Å². The Morgan fingerprint density at radius 1 is 1.00 bits per heavy atom. The van der Waals surface area contributed by atoms with Gasteiger partial charge in [-0.2, -0.15) is 0 Å². The Morgan fingerprint density at radius 2 is 1.84 bits per heavy atom. The van der Waals surface area contributed by atoms with Crippen molar-refractivity contribution in [1.29, 1.82) is 0 Å². The normalized spacial score (nSPS) is 10.9. The second-order valence-electron chi connectivity index (χ2n) is 4.67. The molecule has 0 aliphatic carbocycles. The number of aromatic nitrogens is 1. The summed E-state index contributed by atoms with van der Waals surface area (Å²) in [7, 11) is 0. The molecule has 0 spiro atoms. The summed E-state index contributed by atoms with van der Waals surface area (Å²) in [6, 6.07) is 16.5. The van der Waals surface area contributed by atoms with E-state index in [0.717, 1.165) is 30.5 Å². The van der Waals surface area contributed by atoms with Crippen molar-refractivity contribution in [3.05, 3.63) is 59.1 Å². The maximum absolute atomic E-state index is 5.79. The van der Waals surface area contributed by atoms with Gasteiger partial charge in [-0.1, -0.05) is 30.3 Å². The molecule has 1 heterocycles. The van der Waals surface area contributed by atoms with Crippen LogP contribution in [0.3, 0.4) is 0 Å². The van der Waals surface area contributed by atoms with Crippen molar-refractivity contribution in [2.24, 2.45) is 0 Å². The number of anilines is 1. The van der Waals surface area contributed by atoms with Crippen molar-refractivity contribution >= 4 is 27.2 Å². The summed E-state index contributed by atoms with van der Waals surface area (Å²) in [5.41, 5.74) is 9.06. The van der Waals surface area contributed by atoms with Gasteiger partial charge in [-0.15, -0.1) is 11.3 Å². The first-order chi connectivity index (χ1) is 9.31. The summed E-state index contributed by atoms with van der Waals surface area (Å²) >= 11 is 1.76. The van der Waals surface area contributed by atoms with E-state index in [9.17, 15) is 0 Å². The van der Waals surface area contributed by atoms with Crippen molar-refractivity contribution in [1.82, 2.24) is 4.98 Å². The molecule has 0 atom stereocenters. The van der Waals surface area contributed by atoms with Gasteiger partial charge in [-0.05, 0) is 43.0 Å². The van der Waals surface area contributed by atoms with Crippen molar-refractivity contribution in [2.75, 3.05) is 5.73 Å². The van der Waals surface area contributed by atoms with Crippen LogP contribution < -0.4 is 5.73 Å². The average molecular weight is 268 g/mol. The molecule has 3 rings (SSSR count). The zero-order chi connectivity index (χ0) is 13.1. The molecule has 0 saturated carbocycles. The fourth-order valence-electron chi connectivity index (χ4n) is 2.18. The summed E-state index contributed by atoms with van der Waals surface area (Å²) in [6.45, 7) is 0. The maximum Gasteiger partial charge on any atom is 0.0938 e. The van der Waals surface area contributed by atoms with E-state index in [2.05, 4.69) is 35.3 Å². The number of rotatable bonds is 4. The van der Waals surface area contributed by atoms with Gasteiger partial charge in [-0.25, -0.2) is 4.98 Å². The minimum absolute atomic E-state index is 0.812. The zero-order valence-electron chi connectivity index (χ0n) is 10.7. The predicted octanol–water partition coefficient (Wildman–Crippen LogP) is 4.05. The lowest BCUT2D eigenvalue weighted by Gasteiger charge is -1.98. The number of hydrogen-bond acceptors (Lipinski definition) is 3. The first-order valence-electron chi connectivity index (χ1n) is 6.50. The quantitative estimate of drug-likeness (QED) is 0.725. The van der Waals surface area contributed by atoms with Crippen LogP contribution in [0.5, 0.6) is 0 Å². The van der Waals surface area contributed by atoms with Crippen LogP contribution in [0.1, 0.15) is 17.0 Å². The monoisotopic (exact) mass is 268 g/mol. The molecular formula is C16H16N2S. The van der Waals surface area contributed by atoms with Crippen LogP contribution in [0.15, 0.2) is 48.5 Å². The van der Waals surface area contributed by atoms with Gasteiger partial charge >= 0.3 is 0 Å². The minimum atomic E-state index is 0.812. The Balaban J connectivity index is 1.65. The summed E-state index contributed by atoms with van der Waals surface area (Å²) in [4.78, 5) is 4.65. The molecule has 3 heteroatoms. The van der Waals surface area contributed by atoms with Gasteiger partial charge in [0.05, 0.1) is 15.2 Å². The smallest absolute Gasteiger partial charge is 0.0938 e. The van der Waals surface area contributed by atoms with Crippen LogP contribution in [0.25, 0.3) is 10.2 Å². The highest BCUT2D eigenvalue weighted by Gasteiger charge is 2.04. The second-order valence-corrected chi connectivity index (χ2v) is 5.79. The van der Waals surface area contributed by atoms with Crippen LogP contribution in [0.4, 0.5) is 5.69 Å². The van der Waals surface area contributed by atoms with E-state index in [0.29, 0.717) is 0 Å². The largest absolute Gasteiger partial charge is 0.399 e. The highest BCUT2D eigenvalue weighted by atomic mass is 32.1. The Hall–Kier alpha value is -1.87. The number of benzene rings is 2. The molecule has 2 aromatic carbocycles. The molecule has 0 amide bonds. The number of hydrogen-bond donors (Lipinski definition) is 1. The van der Waals surface area contributed by atoms with E-state index >= 15 is 0 Å². The van der Waals surface area contributed by atoms with Crippen LogP contribution in [0, 0.1) is 0 Å². The third-order valence-electron chi connectivity index (χ3n) is 3.16. The van der Waals surface area contributed by atoms with Gasteiger partial charge in [-0.3, -0.25) is 0 Å². The van der Waals surface area contributed by atoms with Gasteiger partial charge in [0, 0.05) is 5.69 Å². The Kier molecular flexibility index (Phi) is 3.47. The van der Waals surface area contributed by atoms with Gasteiger partial charge < -0.3 is 5.73 Å². The Morgan fingerprint density at radius 3 is 2.68 bits per heavy atom. The van der Waals surface area contributed by atoms with Gasteiger partial charge in [0.25, 0.3) is 0 Å². The van der Waals surface area contributed by atoms with E-state index in [1.54, 1.807) is 11.3 Å². The van der Waals surface area contributed by atoms with Crippen LogP contribution in [0.2, 0.25) is 0 Å². The molecule has 0 unspecified atom stereocenters. The number of nitrogen functional groups attached to an aromatic ring is 1. The molecule has 0 bridgehead atoms. The molecule has 19 heavy (non-hydrogen) atoms. The van der Waals surface area contributed by atoms with E-state index in [1.165, 1.54) is 15.3 Å². The Bertz CT molecular complexity index is 674. The van der Waals surface area contributed by atoms with Crippen molar-refractivity contribution in [3.63, 3.8) is 0 Å². The summed E-state index contributed by atoms with van der Waals surface area (Å²) < 4.78 is 1.19. The summed E-state index contributed by atoms with van der Waals surface area (Å²) in [5, 5.41) is 1.21. The number of aryl methyl sites for hydroxylation is 2.